The zero-order valence-corrected chi connectivity index (χ0v) is 15.8. The van der Waals surface area contributed by atoms with Crippen LogP contribution in [0.4, 0.5) is 0 Å². The Morgan fingerprint density at radius 2 is 1.50 bits per heavy atom. The maximum Gasteiger partial charge on any atom is 1.00 e. The molecule has 0 fully saturated rings. The van der Waals surface area contributed by atoms with Crippen molar-refractivity contribution in [1.82, 2.24) is 0 Å². The van der Waals surface area contributed by atoms with E-state index in [2.05, 4.69) is 0 Å². The number of rotatable bonds is 6. The van der Waals surface area contributed by atoms with Crippen LogP contribution in [0.1, 0.15) is 23.8 Å². The molecule has 0 radical (unpaired) electrons. The van der Waals surface area contributed by atoms with Crippen LogP contribution in [0.25, 0.3) is 0 Å². The minimum atomic E-state index is -4.21. The molecule has 2 rings (SSSR count). The molecule has 24 heavy (non-hydrogen) atoms. The normalized spacial score (nSPS) is 10.5. The fourth-order valence-corrected chi connectivity index (χ4v) is 2.25. The first-order chi connectivity index (χ1) is 10.8. The third kappa shape index (κ3) is 6.54. The summed E-state index contributed by atoms with van der Waals surface area (Å²) in [5.41, 5.74) is 0.985. The van der Waals surface area contributed by atoms with E-state index in [1.807, 2.05) is 6.07 Å². The number of esters is 1. The van der Waals surface area contributed by atoms with E-state index in [1.165, 1.54) is 24.3 Å². The smallest absolute Gasteiger partial charge is 1.00 e. The van der Waals surface area contributed by atoms with Crippen molar-refractivity contribution < 1.29 is 58.3 Å². The van der Waals surface area contributed by atoms with Gasteiger partial charge in [-0.25, -0.2) is 0 Å². The summed E-state index contributed by atoms with van der Waals surface area (Å²) in [7, 11) is -4.21. The predicted octanol–water partition coefficient (Wildman–Crippen LogP) is -0.783. The Hall–Kier alpha value is -1.51. The number of carbonyl (C=O) groups excluding carboxylic acids is 2. The number of ketones is 1. The molecule has 6 nitrogen and oxygen atoms in total. The van der Waals surface area contributed by atoms with Crippen LogP contribution in [0.15, 0.2) is 54.6 Å². The minimum Gasteiger partial charge on any atom is -1.00 e. The molecule has 0 bridgehead atoms. The maximum absolute atomic E-state index is 12.2. The van der Waals surface area contributed by atoms with Crippen molar-refractivity contribution in [2.75, 3.05) is 5.75 Å². The molecule has 2 aromatic rings. The van der Waals surface area contributed by atoms with E-state index >= 15 is 0 Å². The minimum absolute atomic E-state index is 0. The van der Waals surface area contributed by atoms with E-state index in [9.17, 15) is 18.0 Å². The van der Waals surface area contributed by atoms with Gasteiger partial charge in [-0.05, 0) is 24.3 Å². The quantitative estimate of drug-likeness (QED) is 0.239. The van der Waals surface area contributed by atoms with Crippen LogP contribution in [0.5, 0.6) is 5.75 Å². The molecular weight excluding hydrogens is 343 g/mol. The fraction of sp³-hybridized carbons (Fsp3) is 0.125. The Morgan fingerprint density at radius 3 is 2.04 bits per heavy atom. The molecule has 0 aliphatic rings. The van der Waals surface area contributed by atoms with Crippen LogP contribution < -0.4 is 34.3 Å². The van der Waals surface area contributed by atoms with Crippen LogP contribution in [0.2, 0.25) is 0 Å². The van der Waals surface area contributed by atoms with Gasteiger partial charge in [0.1, 0.15) is 5.75 Å². The number of hydrogen-bond donors (Lipinski definition) is 1. The average Bonchev–Trinajstić information content (AvgIpc) is 2.53. The van der Waals surface area contributed by atoms with Crippen molar-refractivity contribution in [3.8, 4) is 5.75 Å². The van der Waals surface area contributed by atoms with Crippen LogP contribution in [0.3, 0.4) is 0 Å². The number of hydrogen-bond acceptors (Lipinski definition) is 5. The molecule has 122 valence electrons. The number of benzene rings is 2. The van der Waals surface area contributed by atoms with Gasteiger partial charge in [0.15, 0.2) is 5.78 Å². The first-order valence-electron chi connectivity index (χ1n) is 6.71. The fourth-order valence-electron chi connectivity index (χ4n) is 1.83. The van der Waals surface area contributed by atoms with Crippen molar-refractivity contribution in [2.24, 2.45) is 0 Å². The standard InChI is InChI=1S/C16H14O6S.Na.H/c17-15(10-11-23(19,20)21)22-14-8-6-13(7-9-14)16(18)12-4-2-1-3-5-12;;/h1-9H,10-11H2,(H,19,20,21);;/q;+1;-1. The van der Waals surface area contributed by atoms with Gasteiger partial charge in [-0.1, -0.05) is 30.3 Å². The summed E-state index contributed by atoms with van der Waals surface area (Å²) in [6, 6.07) is 14.7. The second-order valence-electron chi connectivity index (χ2n) is 4.73. The van der Waals surface area contributed by atoms with Crippen molar-refractivity contribution in [3.63, 3.8) is 0 Å². The third-order valence-corrected chi connectivity index (χ3v) is 3.67. The molecule has 0 amide bonds. The Balaban J connectivity index is 0.00000288. The second kappa shape index (κ2) is 9.10. The molecular formula is C16H15NaO6S. The molecule has 0 spiro atoms. The van der Waals surface area contributed by atoms with Crippen LogP contribution in [0, 0.1) is 0 Å². The summed E-state index contributed by atoms with van der Waals surface area (Å²) < 4.78 is 34.6. The van der Waals surface area contributed by atoms with Crippen LogP contribution >= 0.6 is 0 Å². The summed E-state index contributed by atoms with van der Waals surface area (Å²) in [6.07, 6.45) is -0.455. The summed E-state index contributed by atoms with van der Waals surface area (Å²) >= 11 is 0. The van der Waals surface area contributed by atoms with Gasteiger partial charge in [-0.15, -0.1) is 0 Å². The molecule has 1 N–H and O–H groups in total. The zero-order chi connectivity index (χ0) is 16.9. The van der Waals surface area contributed by atoms with Gasteiger partial charge in [0, 0.05) is 11.1 Å². The molecule has 0 saturated carbocycles. The molecule has 0 saturated heterocycles. The number of carbonyl (C=O) groups is 2. The molecule has 0 heterocycles. The van der Waals surface area contributed by atoms with E-state index in [1.54, 1.807) is 24.3 Å². The first kappa shape index (κ1) is 20.5. The van der Waals surface area contributed by atoms with E-state index in [4.69, 9.17) is 9.29 Å². The second-order valence-corrected chi connectivity index (χ2v) is 6.30. The first-order valence-corrected chi connectivity index (χ1v) is 8.32. The van der Waals surface area contributed by atoms with Crippen molar-refractivity contribution in [3.05, 3.63) is 65.7 Å². The Bertz CT molecular complexity index is 806. The summed E-state index contributed by atoms with van der Waals surface area (Å²) in [5.74, 6) is -1.45. The summed E-state index contributed by atoms with van der Waals surface area (Å²) in [5, 5.41) is 0. The predicted molar refractivity (Wildman–Crippen MR) is 84.1 cm³/mol. The largest absolute Gasteiger partial charge is 1.00 e. The van der Waals surface area contributed by atoms with Crippen molar-refractivity contribution in [2.45, 2.75) is 6.42 Å². The van der Waals surface area contributed by atoms with Gasteiger partial charge < -0.3 is 6.16 Å². The maximum atomic E-state index is 12.2. The Morgan fingerprint density at radius 1 is 0.958 bits per heavy atom. The van der Waals surface area contributed by atoms with Crippen LogP contribution in [-0.2, 0) is 14.9 Å². The monoisotopic (exact) mass is 358 g/mol. The van der Waals surface area contributed by atoms with Gasteiger partial charge in [-0.3, -0.25) is 14.1 Å². The summed E-state index contributed by atoms with van der Waals surface area (Å²) in [6.45, 7) is 0. The third-order valence-electron chi connectivity index (χ3n) is 2.95. The van der Waals surface area contributed by atoms with Gasteiger partial charge in [-0.2, -0.15) is 8.42 Å². The Kier molecular flexibility index (Phi) is 7.78. The van der Waals surface area contributed by atoms with Crippen molar-refractivity contribution in [1.29, 1.82) is 0 Å². The summed E-state index contributed by atoms with van der Waals surface area (Å²) in [4.78, 5) is 23.6. The molecule has 0 aromatic heterocycles. The number of ether oxygens (including phenoxy) is 1. The molecule has 0 aliphatic carbocycles. The Labute approximate surface area is 163 Å². The van der Waals surface area contributed by atoms with Gasteiger partial charge in [0.2, 0.25) is 0 Å². The topological polar surface area (TPSA) is 97.7 Å². The molecule has 2 aromatic carbocycles. The van der Waals surface area contributed by atoms with E-state index < -0.39 is 28.3 Å². The van der Waals surface area contributed by atoms with Gasteiger partial charge in [0.25, 0.3) is 10.1 Å². The van der Waals surface area contributed by atoms with Crippen molar-refractivity contribution >= 4 is 21.9 Å². The molecule has 0 atom stereocenters. The molecule has 8 heteroatoms. The molecule has 0 aliphatic heterocycles. The SMILES string of the molecule is O=C(CCS(=O)(=O)O)Oc1ccc(C(=O)c2ccccc2)cc1.[H-].[Na+]. The van der Waals surface area contributed by atoms with Gasteiger partial charge >= 0.3 is 35.5 Å². The molecule has 0 unspecified atom stereocenters. The van der Waals surface area contributed by atoms with Gasteiger partial charge in [0.05, 0.1) is 12.2 Å². The zero-order valence-electron chi connectivity index (χ0n) is 14.0. The van der Waals surface area contributed by atoms with E-state index in [-0.39, 0.29) is 42.5 Å². The van der Waals surface area contributed by atoms with E-state index in [0.717, 1.165) is 0 Å². The van der Waals surface area contributed by atoms with Crippen LogP contribution in [-0.4, -0.2) is 30.5 Å². The average molecular weight is 358 g/mol. The van der Waals surface area contributed by atoms with E-state index in [0.29, 0.717) is 11.1 Å².